The minimum Gasteiger partial charge on any atom is -0.496 e. The molecule has 0 aromatic heterocycles. The SMILES string of the molecule is COc1cc(SC)ccc1C(=O)O[C@H](C)C(=O)N[C@@H]1CCCC[C@H]1C. The summed E-state index contributed by atoms with van der Waals surface area (Å²) in [4.78, 5) is 25.8. The van der Waals surface area contributed by atoms with Gasteiger partial charge in [0.05, 0.1) is 7.11 Å². The number of benzene rings is 1. The lowest BCUT2D eigenvalue weighted by atomic mass is 9.86. The molecule has 1 N–H and O–H groups in total. The van der Waals surface area contributed by atoms with E-state index in [2.05, 4.69) is 12.2 Å². The second-order valence-electron chi connectivity index (χ2n) is 6.49. The molecule has 2 rings (SSSR count). The van der Waals surface area contributed by atoms with E-state index in [-0.39, 0.29) is 11.9 Å². The Bertz CT molecular complexity index is 619. The first-order chi connectivity index (χ1) is 12.0. The van der Waals surface area contributed by atoms with Gasteiger partial charge in [0.1, 0.15) is 11.3 Å². The predicted octanol–water partition coefficient (Wildman–Crippen LogP) is 3.66. The Labute approximate surface area is 153 Å². The van der Waals surface area contributed by atoms with Crippen molar-refractivity contribution in [3.8, 4) is 5.75 Å². The van der Waals surface area contributed by atoms with Crippen LogP contribution in [-0.2, 0) is 9.53 Å². The lowest BCUT2D eigenvalue weighted by Crippen LogP contribution is -2.46. The zero-order valence-electron chi connectivity index (χ0n) is 15.3. The molecule has 1 fully saturated rings. The van der Waals surface area contributed by atoms with E-state index < -0.39 is 12.1 Å². The normalized spacial score (nSPS) is 21.3. The number of carbonyl (C=O) groups is 2. The van der Waals surface area contributed by atoms with Crippen molar-refractivity contribution in [2.24, 2.45) is 5.92 Å². The van der Waals surface area contributed by atoms with Crippen LogP contribution in [0.15, 0.2) is 23.1 Å². The number of ether oxygens (including phenoxy) is 2. The topological polar surface area (TPSA) is 64.6 Å². The van der Waals surface area contributed by atoms with Crippen LogP contribution in [0.5, 0.6) is 5.75 Å². The molecule has 0 aliphatic heterocycles. The second-order valence-corrected chi connectivity index (χ2v) is 7.37. The molecule has 25 heavy (non-hydrogen) atoms. The number of hydrogen-bond acceptors (Lipinski definition) is 5. The predicted molar refractivity (Wildman–Crippen MR) is 99.2 cm³/mol. The Morgan fingerprint density at radius 3 is 2.64 bits per heavy atom. The lowest BCUT2D eigenvalue weighted by molar-refractivity contribution is -0.130. The Hall–Kier alpha value is -1.69. The molecule has 3 atom stereocenters. The highest BCUT2D eigenvalue weighted by Gasteiger charge is 2.27. The fourth-order valence-corrected chi connectivity index (χ4v) is 3.50. The molecule has 6 heteroatoms. The number of carbonyl (C=O) groups excluding carboxylic acids is 2. The molecule has 5 nitrogen and oxygen atoms in total. The van der Waals surface area contributed by atoms with E-state index in [1.165, 1.54) is 13.5 Å². The van der Waals surface area contributed by atoms with Gasteiger partial charge in [0.15, 0.2) is 6.10 Å². The maximum atomic E-state index is 12.4. The second kappa shape index (κ2) is 9.13. The summed E-state index contributed by atoms with van der Waals surface area (Å²) in [5.41, 5.74) is 0.325. The first-order valence-corrected chi connectivity index (χ1v) is 9.92. The number of methoxy groups -OCH3 is 1. The van der Waals surface area contributed by atoms with Gasteiger partial charge in [-0.2, -0.15) is 0 Å². The van der Waals surface area contributed by atoms with E-state index >= 15 is 0 Å². The molecule has 1 aliphatic carbocycles. The van der Waals surface area contributed by atoms with Crippen molar-refractivity contribution in [2.45, 2.75) is 56.6 Å². The van der Waals surface area contributed by atoms with Crippen molar-refractivity contribution < 1.29 is 19.1 Å². The van der Waals surface area contributed by atoms with Gasteiger partial charge >= 0.3 is 5.97 Å². The zero-order chi connectivity index (χ0) is 18.4. The maximum Gasteiger partial charge on any atom is 0.342 e. The van der Waals surface area contributed by atoms with Crippen molar-refractivity contribution in [3.63, 3.8) is 0 Å². The van der Waals surface area contributed by atoms with Crippen LogP contribution in [0.3, 0.4) is 0 Å². The van der Waals surface area contributed by atoms with Gasteiger partial charge in [-0.1, -0.05) is 19.8 Å². The van der Waals surface area contributed by atoms with Crippen LogP contribution in [0.1, 0.15) is 49.9 Å². The summed E-state index contributed by atoms with van der Waals surface area (Å²) in [6.07, 6.45) is 5.56. The van der Waals surface area contributed by atoms with Crippen LogP contribution in [0, 0.1) is 5.92 Å². The Kier molecular flexibility index (Phi) is 7.17. The van der Waals surface area contributed by atoms with Crippen LogP contribution in [-0.4, -0.2) is 37.4 Å². The number of amides is 1. The van der Waals surface area contributed by atoms with Crippen LogP contribution < -0.4 is 10.1 Å². The summed E-state index contributed by atoms with van der Waals surface area (Å²) in [5.74, 6) is 0.112. The lowest BCUT2D eigenvalue weighted by Gasteiger charge is -2.30. The van der Waals surface area contributed by atoms with E-state index in [1.807, 2.05) is 12.3 Å². The third-order valence-corrected chi connectivity index (χ3v) is 5.45. The molecule has 0 spiro atoms. The molecule has 0 unspecified atom stereocenters. The van der Waals surface area contributed by atoms with Crippen molar-refractivity contribution in [1.29, 1.82) is 0 Å². The Morgan fingerprint density at radius 2 is 2.00 bits per heavy atom. The quantitative estimate of drug-likeness (QED) is 0.616. The number of thioether (sulfide) groups is 1. The van der Waals surface area contributed by atoms with Crippen LogP contribution in [0.2, 0.25) is 0 Å². The highest BCUT2D eigenvalue weighted by molar-refractivity contribution is 7.98. The summed E-state index contributed by atoms with van der Waals surface area (Å²) in [6, 6.07) is 5.45. The van der Waals surface area contributed by atoms with E-state index in [9.17, 15) is 9.59 Å². The van der Waals surface area contributed by atoms with E-state index in [4.69, 9.17) is 9.47 Å². The number of esters is 1. The molecule has 138 valence electrons. The molecule has 1 saturated carbocycles. The van der Waals surface area contributed by atoms with Gasteiger partial charge in [0.25, 0.3) is 5.91 Å². The molecule has 1 amide bonds. The standard InChI is InChI=1S/C19H27NO4S/c1-12-7-5-6-8-16(12)20-18(21)13(2)24-19(22)15-10-9-14(25-4)11-17(15)23-3/h9-13,16H,5-8H2,1-4H3,(H,20,21)/t12-,13-,16-/m1/s1. The molecule has 0 bridgehead atoms. The number of nitrogens with one attached hydrogen (secondary N) is 1. The fraction of sp³-hybridized carbons (Fsp3) is 0.579. The minimum absolute atomic E-state index is 0.165. The summed E-state index contributed by atoms with van der Waals surface area (Å²) >= 11 is 1.56. The molecule has 0 radical (unpaired) electrons. The summed E-state index contributed by atoms with van der Waals surface area (Å²) in [6.45, 7) is 3.75. The third-order valence-electron chi connectivity index (χ3n) is 4.72. The van der Waals surface area contributed by atoms with Gasteiger partial charge in [-0.3, -0.25) is 4.79 Å². The van der Waals surface area contributed by atoms with Crippen molar-refractivity contribution in [1.82, 2.24) is 5.32 Å². The molecular formula is C19H27NO4S. The largest absolute Gasteiger partial charge is 0.496 e. The van der Waals surface area contributed by atoms with Crippen molar-refractivity contribution >= 4 is 23.6 Å². The molecule has 0 saturated heterocycles. The summed E-state index contributed by atoms with van der Waals surface area (Å²) < 4.78 is 10.6. The van der Waals surface area contributed by atoms with Gasteiger partial charge in [-0.05, 0) is 50.1 Å². The van der Waals surface area contributed by atoms with E-state index in [0.717, 1.165) is 24.2 Å². The van der Waals surface area contributed by atoms with Crippen molar-refractivity contribution in [2.75, 3.05) is 13.4 Å². The maximum absolute atomic E-state index is 12.4. The minimum atomic E-state index is -0.841. The summed E-state index contributed by atoms with van der Waals surface area (Å²) in [7, 11) is 1.51. The monoisotopic (exact) mass is 365 g/mol. The highest BCUT2D eigenvalue weighted by atomic mass is 32.2. The number of hydrogen-bond donors (Lipinski definition) is 1. The average molecular weight is 365 g/mol. The van der Waals surface area contributed by atoms with Gasteiger partial charge in [-0.25, -0.2) is 4.79 Å². The smallest absolute Gasteiger partial charge is 0.342 e. The van der Waals surface area contributed by atoms with E-state index in [1.54, 1.807) is 30.8 Å². The molecule has 1 aromatic rings. The highest BCUT2D eigenvalue weighted by Crippen LogP contribution is 2.26. The average Bonchev–Trinajstić information content (AvgIpc) is 2.62. The van der Waals surface area contributed by atoms with Crippen molar-refractivity contribution in [3.05, 3.63) is 23.8 Å². The fourth-order valence-electron chi connectivity index (χ4n) is 3.08. The first kappa shape index (κ1) is 19.6. The first-order valence-electron chi connectivity index (χ1n) is 8.69. The molecule has 0 heterocycles. The molecule has 1 aromatic carbocycles. The van der Waals surface area contributed by atoms with Gasteiger partial charge in [-0.15, -0.1) is 11.8 Å². The Morgan fingerprint density at radius 1 is 1.28 bits per heavy atom. The third kappa shape index (κ3) is 5.14. The van der Waals surface area contributed by atoms with Crippen LogP contribution >= 0.6 is 11.8 Å². The number of rotatable bonds is 6. The van der Waals surface area contributed by atoms with Gasteiger partial charge in [0.2, 0.25) is 0 Å². The van der Waals surface area contributed by atoms with Gasteiger partial charge < -0.3 is 14.8 Å². The van der Waals surface area contributed by atoms with Gasteiger partial charge in [0, 0.05) is 10.9 Å². The summed E-state index contributed by atoms with van der Waals surface area (Å²) in [5, 5.41) is 3.02. The molecule has 1 aliphatic rings. The van der Waals surface area contributed by atoms with Crippen LogP contribution in [0.4, 0.5) is 0 Å². The Balaban J connectivity index is 1.98. The van der Waals surface area contributed by atoms with E-state index in [0.29, 0.717) is 17.2 Å². The zero-order valence-corrected chi connectivity index (χ0v) is 16.2. The molecular weight excluding hydrogens is 338 g/mol. The van der Waals surface area contributed by atoms with Crippen LogP contribution in [0.25, 0.3) is 0 Å².